The Hall–Kier alpha value is -2.11. The Kier molecular flexibility index (Phi) is 6.17. The van der Waals surface area contributed by atoms with Gasteiger partial charge in [-0.2, -0.15) is 10.8 Å². The summed E-state index contributed by atoms with van der Waals surface area (Å²) in [6, 6.07) is 0. The third kappa shape index (κ3) is 4.79. The van der Waals surface area contributed by atoms with E-state index in [1.54, 1.807) is 5.22 Å². The second-order valence-electron chi connectivity index (χ2n) is 5.88. The molecule has 1 aliphatic heterocycles. The van der Waals surface area contributed by atoms with E-state index in [-0.39, 0.29) is 22.9 Å². The lowest BCUT2D eigenvalue weighted by atomic mass is 10.1. The van der Waals surface area contributed by atoms with Crippen LogP contribution in [0.25, 0.3) is 16.7 Å². The molecule has 4 atom stereocenters. The smallest absolute Gasteiger partial charge is 0.386 e. The Labute approximate surface area is 166 Å². The summed E-state index contributed by atoms with van der Waals surface area (Å²) in [6.07, 6.45) is -5.62. The average Bonchev–Trinajstić information content (AvgIpc) is 3.11. The predicted molar refractivity (Wildman–Crippen MR) is 92.5 cm³/mol. The molecule has 3 heterocycles. The van der Waals surface area contributed by atoms with Crippen LogP contribution in [0.15, 0.2) is 6.33 Å². The van der Waals surface area contributed by atoms with E-state index in [1.807, 2.05) is 0 Å². The first-order valence-electron chi connectivity index (χ1n) is 7.82. The van der Waals surface area contributed by atoms with Crippen molar-refractivity contribution in [2.45, 2.75) is 24.5 Å². The number of aliphatic hydroxyl groups is 1. The fourth-order valence-corrected chi connectivity index (χ4v) is 3.75. The van der Waals surface area contributed by atoms with Gasteiger partial charge in [0, 0.05) is 0 Å². The van der Waals surface area contributed by atoms with Crippen molar-refractivity contribution in [3.05, 3.63) is 11.9 Å². The van der Waals surface area contributed by atoms with Crippen LogP contribution in [0.5, 0.6) is 0 Å². The summed E-state index contributed by atoms with van der Waals surface area (Å²) in [5.74, 6) is -0.285. The van der Waals surface area contributed by atoms with Crippen LogP contribution in [0.4, 0.5) is 11.8 Å². The fourth-order valence-electron chi connectivity index (χ4n) is 2.83. The summed E-state index contributed by atoms with van der Waals surface area (Å²) in [5.41, 5.74) is 16.9. The Morgan fingerprint density at radius 3 is 2.60 bits per heavy atom. The van der Waals surface area contributed by atoms with Gasteiger partial charge in [-0.15, -0.1) is 0 Å². The maximum atomic E-state index is 11.3. The van der Waals surface area contributed by atoms with Gasteiger partial charge in [0.1, 0.15) is 24.6 Å². The van der Waals surface area contributed by atoms with Gasteiger partial charge in [0.2, 0.25) is 0 Å². The number of hydrogen-bond acceptors (Lipinski definition) is 10. The Bertz CT molecular complexity index is 1040. The number of rotatable bonds is 8. The number of nitrogens with two attached hydrogens (primary N) is 1. The highest BCUT2D eigenvalue weighted by atomic mass is 31.2. The van der Waals surface area contributed by atoms with E-state index in [9.17, 15) is 14.2 Å². The summed E-state index contributed by atoms with van der Waals surface area (Å²) in [7, 11) is -10.2. The maximum Gasteiger partial charge on any atom is 0.470 e. The lowest BCUT2D eigenvalue weighted by Crippen LogP contribution is -2.69. The van der Waals surface area contributed by atoms with Gasteiger partial charge in [0.25, 0.3) is 0 Å². The van der Waals surface area contributed by atoms with Crippen molar-refractivity contribution < 1.29 is 52.8 Å². The van der Waals surface area contributed by atoms with Gasteiger partial charge >= 0.3 is 15.6 Å². The zero-order chi connectivity index (χ0) is 22.3. The molecule has 0 radical (unpaired) electrons. The van der Waals surface area contributed by atoms with Gasteiger partial charge in [0.05, 0.1) is 6.61 Å². The summed E-state index contributed by atoms with van der Waals surface area (Å²) < 4.78 is 37.7. The van der Waals surface area contributed by atoms with Gasteiger partial charge in [-0.25, -0.2) is 29.5 Å². The number of nitrogens with zero attached hydrogens (tertiary/aromatic N) is 5. The molecule has 30 heavy (non-hydrogen) atoms. The Morgan fingerprint density at radius 2 is 2.00 bits per heavy atom. The molecule has 3 rings (SSSR count). The lowest BCUT2D eigenvalue weighted by molar-refractivity contribution is -0.445. The van der Waals surface area contributed by atoms with Gasteiger partial charge in [-0.05, 0) is 0 Å². The van der Waals surface area contributed by atoms with Crippen molar-refractivity contribution in [2.75, 3.05) is 17.8 Å². The molecule has 0 bridgehead atoms. The zero-order valence-electron chi connectivity index (χ0n) is 14.6. The molecular formula is C10H16N8O10P2. The van der Waals surface area contributed by atoms with Crippen molar-refractivity contribution in [2.24, 2.45) is 0 Å². The van der Waals surface area contributed by atoms with Gasteiger partial charge in [-0.1, -0.05) is 0 Å². The highest BCUT2D eigenvalue weighted by Crippen LogP contribution is 2.46. The molecule has 0 aromatic carbocycles. The first-order valence-corrected chi connectivity index (χ1v) is 10.9. The molecule has 1 saturated heterocycles. The topological polar surface area (TPSA) is 281 Å². The molecule has 4 unspecified atom stereocenters. The number of hydrazine groups is 1. The minimum absolute atomic E-state index is 0.0178. The molecule has 18 nitrogen and oxygen atoms in total. The fraction of sp³-hybridized carbons (Fsp3) is 0.500. The monoisotopic (exact) mass is 470 g/mol. The van der Waals surface area contributed by atoms with Gasteiger partial charge in [-0.3, -0.25) is 13.6 Å². The number of hydrogen-bond donors (Lipinski definition) is 8. The first kappa shape index (κ1) is 22.6. The number of fused-ring (bicyclic) bond motifs is 1. The standard InChI is InChI=1S/C10H16N8O10P2/c11-7-4-8(14-2-13-7)18(10(15-4)16-17-12)9-5(19)6(28-30(23,24)25)3(27-9)1-26-29(20,21)22/h2-3,5-6,9,17,19H,1H2,(H7-,11,12,13,14,15,16,20,21,22,23,24,25). The summed E-state index contributed by atoms with van der Waals surface area (Å²) in [6.45, 7) is -0.896. The van der Waals surface area contributed by atoms with Crippen molar-refractivity contribution >= 4 is 38.6 Å². The summed E-state index contributed by atoms with van der Waals surface area (Å²) >= 11 is 0. The van der Waals surface area contributed by atoms with Crippen molar-refractivity contribution in [3.8, 4) is 0 Å². The molecular weight excluding hydrogens is 454 g/mol. The molecule has 0 aliphatic carbocycles. The van der Waals surface area contributed by atoms with E-state index in [4.69, 9.17) is 35.6 Å². The average molecular weight is 470 g/mol. The van der Waals surface area contributed by atoms with E-state index in [0.29, 0.717) is 0 Å². The molecule has 1 fully saturated rings. The van der Waals surface area contributed by atoms with Crippen LogP contribution in [0.1, 0.15) is 6.23 Å². The number of aromatic nitrogens is 4. The number of nitrogens with one attached hydrogen (secondary N) is 2. The number of aliphatic hydroxyl groups excluding tert-OH is 1. The number of phosphoric ester groups is 2. The summed E-state index contributed by atoms with van der Waals surface area (Å²) in [4.78, 5) is 47.7. The molecule has 0 amide bonds. The van der Waals surface area contributed by atoms with Crippen LogP contribution in [0.3, 0.4) is 0 Å². The number of ether oxygens (including phenoxy) is 1. The Morgan fingerprint density at radius 1 is 1.30 bits per heavy atom. The first-order chi connectivity index (χ1) is 13.9. The molecule has 0 saturated carbocycles. The number of anilines is 2. The van der Waals surface area contributed by atoms with E-state index >= 15 is 0 Å². The largest absolute Gasteiger partial charge is 0.470 e. The van der Waals surface area contributed by atoms with Crippen molar-refractivity contribution in [3.63, 3.8) is 0 Å². The molecule has 2 aromatic rings. The van der Waals surface area contributed by atoms with E-state index < -0.39 is 46.8 Å². The van der Waals surface area contributed by atoms with Crippen LogP contribution in [0, 0.1) is 0 Å². The minimum atomic E-state index is -5.17. The number of nitrogen functional groups attached to an aromatic ring is 1. The molecule has 20 heteroatoms. The highest BCUT2D eigenvalue weighted by molar-refractivity contribution is 7.46. The lowest BCUT2D eigenvalue weighted by Gasteiger charge is -2.21. The zero-order valence-corrected chi connectivity index (χ0v) is 16.4. The summed E-state index contributed by atoms with van der Waals surface area (Å²) in [5, 5.41) is 12.2. The third-order valence-corrected chi connectivity index (χ3v) is 4.91. The third-order valence-electron chi connectivity index (χ3n) is 3.90. The van der Waals surface area contributed by atoms with E-state index in [0.717, 1.165) is 10.9 Å². The SMILES string of the molecule is [N-]=[NH+]Nc1nc2c(N)ncnc2n1C1OC(COP(=O)(O)O)C(OP(=O)(O)O)C1O. The van der Waals surface area contributed by atoms with Crippen molar-refractivity contribution in [1.82, 2.24) is 19.5 Å². The van der Waals surface area contributed by atoms with Crippen LogP contribution < -0.4 is 16.4 Å². The quantitative estimate of drug-likeness (QED) is 0.106. The minimum Gasteiger partial charge on any atom is -0.386 e. The molecule has 9 N–H and O–H groups in total. The van der Waals surface area contributed by atoms with Crippen molar-refractivity contribution in [1.29, 1.82) is 0 Å². The van der Waals surface area contributed by atoms with Gasteiger partial charge in [0.15, 0.2) is 29.2 Å². The predicted octanol–water partition coefficient (Wildman–Crippen LogP) is -3.32. The highest BCUT2D eigenvalue weighted by Gasteiger charge is 2.50. The molecule has 166 valence electrons. The second kappa shape index (κ2) is 8.20. The second-order valence-corrected chi connectivity index (χ2v) is 8.31. The Balaban J connectivity index is 2.04. The normalized spacial score (nSPS) is 25.0. The van der Waals surface area contributed by atoms with E-state index in [1.165, 1.54) is 0 Å². The maximum absolute atomic E-state index is 11.3. The van der Waals surface area contributed by atoms with Crippen LogP contribution in [-0.4, -0.2) is 69.1 Å². The van der Waals surface area contributed by atoms with Crippen LogP contribution in [0.2, 0.25) is 0 Å². The van der Waals surface area contributed by atoms with Gasteiger partial charge < -0.3 is 35.2 Å². The molecule has 1 aliphatic rings. The van der Waals surface area contributed by atoms with Crippen LogP contribution >= 0.6 is 15.6 Å². The molecule has 2 aromatic heterocycles. The van der Waals surface area contributed by atoms with E-state index in [2.05, 4.69) is 29.4 Å². The van der Waals surface area contributed by atoms with Crippen LogP contribution in [-0.2, 0) is 22.9 Å². The number of phosphoric acid groups is 2. The molecule has 0 spiro atoms. The number of imidazole rings is 1.